The van der Waals surface area contributed by atoms with Crippen LogP contribution in [-0.2, 0) is 4.74 Å². The third-order valence-electron chi connectivity index (χ3n) is 5.73. The molecule has 4 rings (SSSR count). The molecule has 0 aliphatic carbocycles. The summed E-state index contributed by atoms with van der Waals surface area (Å²) in [6, 6.07) is 13.5. The van der Waals surface area contributed by atoms with E-state index in [1.54, 1.807) is 13.2 Å². The van der Waals surface area contributed by atoms with Crippen molar-refractivity contribution in [2.24, 2.45) is 0 Å². The summed E-state index contributed by atoms with van der Waals surface area (Å²) in [5.41, 5.74) is 5.77. The van der Waals surface area contributed by atoms with Crippen LogP contribution in [0.15, 0.2) is 42.5 Å². The molecule has 0 fully saturated rings. The molecular formula is C24H27N3O3. The second-order valence-electron chi connectivity index (χ2n) is 8.10. The van der Waals surface area contributed by atoms with Crippen molar-refractivity contribution in [2.45, 2.75) is 32.7 Å². The zero-order valence-corrected chi connectivity index (χ0v) is 17.8. The number of aromatic hydroxyl groups is 1. The number of hydrogen-bond donors (Lipinski definition) is 2. The van der Waals surface area contributed by atoms with Crippen molar-refractivity contribution in [3.63, 3.8) is 0 Å². The van der Waals surface area contributed by atoms with E-state index in [1.165, 1.54) is 5.56 Å². The molecule has 2 N–H and O–H groups in total. The molecule has 2 heterocycles. The smallest absolute Gasteiger partial charge is 0.273 e. The number of ether oxygens (including phenoxy) is 1. The lowest BCUT2D eigenvalue weighted by molar-refractivity contribution is 0.0677. The van der Waals surface area contributed by atoms with E-state index in [9.17, 15) is 9.90 Å². The van der Waals surface area contributed by atoms with Gasteiger partial charge < -0.3 is 14.7 Å². The largest absolute Gasteiger partial charge is 0.507 e. The maximum atomic E-state index is 13.2. The molecule has 156 valence electrons. The number of aromatic amines is 1. The van der Waals surface area contributed by atoms with Gasteiger partial charge in [-0.15, -0.1) is 0 Å². The molecular weight excluding hydrogens is 378 g/mol. The van der Waals surface area contributed by atoms with Gasteiger partial charge in [0.15, 0.2) is 0 Å². The molecule has 1 aromatic heterocycles. The molecule has 0 saturated heterocycles. The van der Waals surface area contributed by atoms with Crippen molar-refractivity contribution in [3.8, 4) is 17.0 Å². The summed E-state index contributed by atoms with van der Waals surface area (Å²) in [6.45, 7) is 7.19. The molecule has 6 nitrogen and oxygen atoms in total. The topological polar surface area (TPSA) is 78.5 Å². The van der Waals surface area contributed by atoms with Crippen LogP contribution in [0, 0.1) is 6.92 Å². The van der Waals surface area contributed by atoms with Gasteiger partial charge in [-0.3, -0.25) is 9.89 Å². The number of amides is 1. The maximum absolute atomic E-state index is 13.2. The molecule has 1 aliphatic rings. The van der Waals surface area contributed by atoms with Crippen LogP contribution in [0.2, 0.25) is 0 Å². The first-order valence-electron chi connectivity index (χ1n) is 10.2. The molecule has 0 unspecified atom stereocenters. The van der Waals surface area contributed by atoms with Crippen LogP contribution in [0.25, 0.3) is 11.3 Å². The average Bonchev–Trinajstić information content (AvgIpc) is 3.27. The van der Waals surface area contributed by atoms with Crippen LogP contribution in [-0.4, -0.2) is 46.4 Å². The fourth-order valence-corrected chi connectivity index (χ4v) is 4.07. The molecule has 3 aromatic rings. The van der Waals surface area contributed by atoms with Gasteiger partial charge in [0.25, 0.3) is 5.91 Å². The Hall–Kier alpha value is -3.12. The Morgan fingerprint density at radius 3 is 2.60 bits per heavy atom. The SMILES string of the molecule is COCCN1C(=O)c2[nH]nc(-c3cc(C)ccc3O)c2[C@@H]1c1ccc(C(C)C)cc1. The minimum atomic E-state index is -0.294. The Morgan fingerprint density at radius 2 is 1.93 bits per heavy atom. The summed E-state index contributed by atoms with van der Waals surface area (Å²) in [6.07, 6.45) is 0. The van der Waals surface area contributed by atoms with Gasteiger partial charge in [0.05, 0.1) is 12.6 Å². The number of carbonyl (C=O) groups excluding carboxylic acids is 1. The van der Waals surface area contributed by atoms with Gasteiger partial charge in [0.1, 0.15) is 17.1 Å². The van der Waals surface area contributed by atoms with Gasteiger partial charge in [0, 0.05) is 24.8 Å². The monoisotopic (exact) mass is 405 g/mol. The zero-order chi connectivity index (χ0) is 21.4. The lowest BCUT2D eigenvalue weighted by Crippen LogP contribution is -2.32. The first-order valence-corrected chi connectivity index (χ1v) is 10.2. The van der Waals surface area contributed by atoms with Crippen molar-refractivity contribution >= 4 is 5.91 Å². The van der Waals surface area contributed by atoms with E-state index < -0.39 is 0 Å². The Balaban J connectivity index is 1.86. The number of nitrogens with zero attached hydrogens (tertiary/aromatic N) is 2. The predicted molar refractivity (Wildman–Crippen MR) is 116 cm³/mol. The Morgan fingerprint density at radius 1 is 1.20 bits per heavy atom. The van der Waals surface area contributed by atoms with Gasteiger partial charge in [-0.2, -0.15) is 5.10 Å². The highest BCUT2D eigenvalue weighted by Crippen LogP contribution is 2.44. The van der Waals surface area contributed by atoms with E-state index >= 15 is 0 Å². The quantitative estimate of drug-likeness (QED) is 0.637. The molecule has 0 saturated carbocycles. The van der Waals surface area contributed by atoms with Crippen molar-refractivity contribution in [3.05, 3.63) is 70.4 Å². The van der Waals surface area contributed by atoms with E-state index in [2.05, 4.69) is 48.3 Å². The highest BCUT2D eigenvalue weighted by atomic mass is 16.5. The molecule has 1 aliphatic heterocycles. The number of phenolic OH excluding ortho intramolecular Hbond substituents is 1. The second-order valence-corrected chi connectivity index (χ2v) is 8.10. The highest BCUT2D eigenvalue weighted by molar-refractivity contribution is 6.00. The fourth-order valence-electron chi connectivity index (χ4n) is 4.07. The number of hydrogen-bond acceptors (Lipinski definition) is 4. The molecule has 30 heavy (non-hydrogen) atoms. The van der Waals surface area contributed by atoms with Gasteiger partial charge >= 0.3 is 0 Å². The van der Waals surface area contributed by atoms with Crippen LogP contribution in [0.5, 0.6) is 5.75 Å². The fraction of sp³-hybridized carbons (Fsp3) is 0.333. The molecule has 0 radical (unpaired) electrons. The summed E-state index contributed by atoms with van der Waals surface area (Å²) in [4.78, 5) is 15.0. The standard InChI is InChI=1S/C24H27N3O3/c1-14(2)16-6-8-17(9-7-16)23-20-21(18-13-15(3)5-10-19(18)28)25-26-22(20)24(29)27(23)11-12-30-4/h5-10,13-14,23,28H,11-12H2,1-4H3,(H,25,26)/t23-/m0/s1. The summed E-state index contributed by atoms with van der Waals surface area (Å²) in [5.74, 6) is 0.468. The van der Waals surface area contributed by atoms with Gasteiger partial charge in [-0.1, -0.05) is 49.7 Å². The van der Waals surface area contributed by atoms with Crippen LogP contribution in [0.1, 0.15) is 58.5 Å². The predicted octanol–water partition coefficient (Wildman–Crippen LogP) is 4.41. The number of methoxy groups -OCH3 is 1. The van der Waals surface area contributed by atoms with Gasteiger partial charge in [-0.25, -0.2) is 0 Å². The second kappa shape index (κ2) is 7.95. The number of rotatable bonds is 6. The Labute approximate surface area is 176 Å². The number of phenols is 1. The lowest BCUT2D eigenvalue weighted by atomic mass is 9.93. The first-order chi connectivity index (χ1) is 14.4. The van der Waals surface area contributed by atoms with E-state index in [0.29, 0.717) is 36.0 Å². The van der Waals surface area contributed by atoms with Crippen molar-refractivity contribution in [1.82, 2.24) is 15.1 Å². The molecule has 2 aromatic carbocycles. The number of aryl methyl sites for hydroxylation is 1. The third kappa shape index (κ3) is 3.37. The number of carbonyl (C=O) groups is 1. The highest BCUT2D eigenvalue weighted by Gasteiger charge is 2.42. The molecule has 0 spiro atoms. The number of aromatic nitrogens is 2. The summed E-state index contributed by atoms with van der Waals surface area (Å²) < 4.78 is 5.25. The number of fused-ring (bicyclic) bond motifs is 1. The van der Waals surface area contributed by atoms with E-state index in [-0.39, 0.29) is 17.7 Å². The Bertz CT molecular complexity index is 1070. The molecule has 1 amide bonds. The van der Waals surface area contributed by atoms with Gasteiger partial charge in [0.2, 0.25) is 0 Å². The van der Waals surface area contributed by atoms with E-state index in [1.807, 2.05) is 24.0 Å². The lowest BCUT2D eigenvalue weighted by Gasteiger charge is -2.26. The van der Waals surface area contributed by atoms with E-state index in [4.69, 9.17) is 4.74 Å². The summed E-state index contributed by atoms with van der Waals surface area (Å²) in [5, 5.41) is 17.8. The average molecular weight is 405 g/mol. The number of nitrogens with one attached hydrogen (secondary N) is 1. The summed E-state index contributed by atoms with van der Waals surface area (Å²) >= 11 is 0. The van der Waals surface area contributed by atoms with Crippen LogP contribution >= 0.6 is 0 Å². The molecule has 1 atom stereocenters. The Kier molecular flexibility index (Phi) is 5.35. The number of H-pyrrole nitrogens is 1. The molecule has 6 heteroatoms. The minimum Gasteiger partial charge on any atom is -0.507 e. The first kappa shape index (κ1) is 20.2. The maximum Gasteiger partial charge on any atom is 0.273 e. The van der Waals surface area contributed by atoms with Crippen LogP contribution in [0.3, 0.4) is 0 Å². The minimum absolute atomic E-state index is 0.106. The van der Waals surface area contributed by atoms with Crippen molar-refractivity contribution in [2.75, 3.05) is 20.3 Å². The zero-order valence-electron chi connectivity index (χ0n) is 17.8. The third-order valence-corrected chi connectivity index (χ3v) is 5.73. The normalized spacial score (nSPS) is 15.8. The van der Waals surface area contributed by atoms with Crippen molar-refractivity contribution in [1.29, 1.82) is 0 Å². The van der Waals surface area contributed by atoms with Crippen LogP contribution < -0.4 is 0 Å². The summed E-state index contributed by atoms with van der Waals surface area (Å²) in [7, 11) is 1.63. The van der Waals surface area contributed by atoms with E-state index in [0.717, 1.165) is 16.7 Å². The number of benzene rings is 2. The molecule has 0 bridgehead atoms. The van der Waals surface area contributed by atoms with Crippen LogP contribution in [0.4, 0.5) is 0 Å². The van der Waals surface area contributed by atoms with Crippen molar-refractivity contribution < 1.29 is 14.6 Å². The van der Waals surface area contributed by atoms with Gasteiger partial charge in [-0.05, 0) is 36.1 Å².